The van der Waals surface area contributed by atoms with Gasteiger partial charge in [-0.15, -0.1) is 0 Å². The number of hydrogen-bond donors (Lipinski definition) is 1. The van der Waals surface area contributed by atoms with E-state index in [1.54, 1.807) is 4.90 Å². The SMILES string of the molecule is Cc1ccc(N2C[C@@H](NS(=O)(=O)c3ccc(F)cc3)CC2=O)cc1C. The Labute approximate surface area is 146 Å². The number of amides is 1. The van der Waals surface area contributed by atoms with E-state index in [0.717, 1.165) is 28.9 Å². The van der Waals surface area contributed by atoms with Gasteiger partial charge >= 0.3 is 0 Å². The van der Waals surface area contributed by atoms with Crippen LogP contribution in [0.1, 0.15) is 17.5 Å². The van der Waals surface area contributed by atoms with Crippen molar-refractivity contribution in [3.05, 3.63) is 59.4 Å². The van der Waals surface area contributed by atoms with Gasteiger partial charge in [-0.1, -0.05) is 6.07 Å². The number of carbonyl (C=O) groups is 1. The second kappa shape index (κ2) is 6.57. The molecule has 0 aromatic heterocycles. The van der Waals surface area contributed by atoms with Crippen LogP contribution in [-0.2, 0) is 14.8 Å². The summed E-state index contributed by atoms with van der Waals surface area (Å²) in [6, 6.07) is 9.79. The number of aryl methyl sites for hydroxylation is 2. The number of rotatable bonds is 4. The molecule has 1 saturated heterocycles. The van der Waals surface area contributed by atoms with Gasteiger partial charge in [0, 0.05) is 24.7 Å². The molecule has 1 aliphatic heterocycles. The Hall–Kier alpha value is -2.25. The van der Waals surface area contributed by atoms with E-state index in [-0.39, 0.29) is 23.8 Å². The molecular weight excluding hydrogens is 343 g/mol. The summed E-state index contributed by atoms with van der Waals surface area (Å²) in [7, 11) is -3.80. The number of hydrogen-bond acceptors (Lipinski definition) is 3. The van der Waals surface area contributed by atoms with E-state index < -0.39 is 21.9 Å². The molecular formula is C18H19FN2O3S. The minimum atomic E-state index is -3.80. The fourth-order valence-corrected chi connectivity index (χ4v) is 4.06. The van der Waals surface area contributed by atoms with Crippen molar-refractivity contribution in [3.63, 3.8) is 0 Å². The average molecular weight is 362 g/mol. The fourth-order valence-electron chi connectivity index (χ4n) is 2.83. The number of nitrogens with zero attached hydrogens (tertiary/aromatic N) is 1. The van der Waals surface area contributed by atoms with Crippen LogP contribution >= 0.6 is 0 Å². The van der Waals surface area contributed by atoms with Crippen molar-refractivity contribution >= 4 is 21.6 Å². The van der Waals surface area contributed by atoms with Crippen LogP contribution in [0.5, 0.6) is 0 Å². The van der Waals surface area contributed by atoms with E-state index in [1.165, 1.54) is 12.1 Å². The highest BCUT2D eigenvalue weighted by atomic mass is 32.2. The minimum Gasteiger partial charge on any atom is -0.311 e. The van der Waals surface area contributed by atoms with Crippen molar-refractivity contribution in [2.75, 3.05) is 11.4 Å². The summed E-state index contributed by atoms with van der Waals surface area (Å²) in [4.78, 5) is 13.9. The molecule has 1 atom stereocenters. The topological polar surface area (TPSA) is 66.5 Å². The zero-order chi connectivity index (χ0) is 18.2. The van der Waals surface area contributed by atoms with Gasteiger partial charge in [-0.25, -0.2) is 17.5 Å². The first-order valence-electron chi connectivity index (χ1n) is 7.92. The van der Waals surface area contributed by atoms with Gasteiger partial charge in [0.05, 0.1) is 4.90 Å². The quantitative estimate of drug-likeness (QED) is 0.909. The zero-order valence-corrected chi connectivity index (χ0v) is 14.8. The summed E-state index contributed by atoms with van der Waals surface area (Å²) in [5, 5.41) is 0. The molecule has 2 aromatic carbocycles. The first-order chi connectivity index (χ1) is 11.8. The summed E-state index contributed by atoms with van der Waals surface area (Å²) >= 11 is 0. The molecule has 132 valence electrons. The molecule has 7 heteroatoms. The van der Waals surface area contributed by atoms with E-state index in [1.807, 2.05) is 32.0 Å². The maximum atomic E-state index is 13.0. The van der Waals surface area contributed by atoms with Gasteiger partial charge in [0.15, 0.2) is 0 Å². The molecule has 25 heavy (non-hydrogen) atoms. The van der Waals surface area contributed by atoms with Crippen molar-refractivity contribution in [1.82, 2.24) is 4.72 Å². The van der Waals surface area contributed by atoms with Crippen LogP contribution in [0.4, 0.5) is 10.1 Å². The predicted molar refractivity (Wildman–Crippen MR) is 93.4 cm³/mol. The van der Waals surface area contributed by atoms with Crippen LogP contribution in [0.3, 0.4) is 0 Å². The first-order valence-corrected chi connectivity index (χ1v) is 9.40. The molecule has 5 nitrogen and oxygen atoms in total. The normalized spacial score (nSPS) is 18.0. The Morgan fingerprint density at radius 1 is 1.08 bits per heavy atom. The lowest BCUT2D eigenvalue weighted by Gasteiger charge is -2.18. The number of anilines is 1. The van der Waals surface area contributed by atoms with Crippen molar-refractivity contribution < 1.29 is 17.6 Å². The smallest absolute Gasteiger partial charge is 0.240 e. The van der Waals surface area contributed by atoms with E-state index >= 15 is 0 Å². The number of nitrogens with one attached hydrogen (secondary N) is 1. The molecule has 0 saturated carbocycles. The number of carbonyl (C=O) groups excluding carboxylic acids is 1. The Morgan fingerprint density at radius 3 is 2.40 bits per heavy atom. The third-order valence-corrected chi connectivity index (χ3v) is 5.91. The lowest BCUT2D eigenvalue weighted by Crippen LogP contribution is -2.37. The maximum Gasteiger partial charge on any atom is 0.240 e. The van der Waals surface area contributed by atoms with E-state index in [0.29, 0.717) is 0 Å². The predicted octanol–water partition coefficient (Wildman–Crippen LogP) is 2.53. The molecule has 1 aliphatic rings. The van der Waals surface area contributed by atoms with E-state index in [9.17, 15) is 17.6 Å². The van der Waals surface area contributed by atoms with Gasteiger partial charge < -0.3 is 4.90 Å². The van der Waals surface area contributed by atoms with Crippen molar-refractivity contribution in [2.45, 2.75) is 31.2 Å². The monoisotopic (exact) mass is 362 g/mol. The van der Waals surface area contributed by atoms with Crippen LogP contribution < -0.4 is 9.62 Å². The summed E-state index contributed by atoms with van der Waals surface area (Å²) < 4.78 is 40.3. The molecule has 1 N–H and O–H groups in total. The first kappa shape index (κ1) is 17.6. The number of benzene rings is 2. The van der Waals surface area contributed by atoms with E-state index in [2.05, 4.69) is 4.72 Å². The summed E-state index contributed by atoms with van der Waals surface area (Å²) in [5.41, 5.74) is 2.96. The van der Waals surface area contributed by atoms with Gasteiger partial charge in [-0.3, -0.25) is 4.79 Å². The van der Waals surface area contributed by atoms with Gasteiger partial charge in [0.1, 0.15) is 5.82 Å². The van der Waals surface area contributed by atoms with Gasteiger partial charge in [0.2, 0.25) is 15.9 Å². The Kier molecular flexibility index (Phi) is 4.62. The lowest BCUT2D eigenvalue weighted by molar-refractivity contribution is -0.117. The third kappa shape index (κ3) is 3.72. The highest BCUT2D eigenvalue weighted by Crippen LogP contribution is 2.25. The minimum absolute atomic E-state index is 0.0222. The van der Waals surface area contributed by atoms with Crippen LogP contribution in [-0.4, -0.2) is 26.9 Å². The largest absolute Gasteiger partial charge is 0.311 e. The number of halogens is 1. The van der Waals surface area contributed by atoms with Crippen molar-refractivity contribution in [2.24, 2.45) is 0 Å². The highest BCUT2D eigenvalue weighted by Gasteiger charge is 2.33. The number of sulfonamides is 1. The second-order valence-corrected chi connectivity index (χ2v) is 7.96. The fraction of sp³-hybridized carbons (Fsp3) is 0.278. The Bertz CT molecular complexity index is 910. The molecule has 1 fully saturated rings. The summed E-state index contributed by atoms with van der Waals surface area (Å²) in [5.74, 6) is -0.633. The average Bonchev–Trinajstić information content (AvgIpc) is 2.90. The van der Waals surface area contributed by atoms with Crippen LogP contribution in [0.25, 0.3) is 0 Å². The summed E-state index contributed by atoms with van der Waals surface area (Å²) in [6.45, 7) is 4.22. The molecule has 0 bridgehead atoms. The molecule has 1 heterocycles. The second-order valence-electron chi connectivity index (χ2n) is 6.25. The Morgan fingerprint density at radius 2 is 1.76 bits per heavy atom. The maximum absolute atomic E-state index is 13.0. The highest BCUT2D eigenvalue weighted by molar-refractivity contribution is 7.89. The molecule has 3 rings (SSSR count). The molecule has 0 radical (unpaired) electrons. The molecule has 1 amide bonds. The molecule has 0 aliphatic carbocycles. The standard InChI is InChI=1S/C18H19FN2O3S/c1-12-3-6-16(9-13(12)2)21-11-15(10-18(21)22)20-25(23,24)17-7-4-14(19)5-8-17/h3-9,15,20H,10-11H2,1-2H3/t15-/m0/s1. The summed E-state index contributed by atoms with van der Waals surface area (Å²) in [6.07, 6.45) is 0.0906. The van der Waals surface area contributed by atoms with Crippen LogP contribution in [0, 0.1) is 19.7 Å². The third-order valence-electron chi connectivity index (χ3n) is 4.37. The van der Waals surface area contributed by atoms with Gasteiger partial charge in [-0.2, -0.15) is 0 Å². The molecule has 0 unspecified atom stereocenters. The zero-order valence-electron chi connectivity index (χ0n) is 14.0. The van der Waals surface area contributed by atoms with Gasteiger partial charge in [0.25, 0.3) is 0 Å². The van der Waals surface area contributed by atoms with Crippen LogP contribution in [0.2, 0.25) is 0 Å². The lowest BCUT2D eigenvalue weighted by atomic mass is 10.1. The van der Waals surface area contributed by atoms with Crippen LogP contribution in [0.15, 0.2) is 47.4 Å². The molecule has 2 aromatic rings. The van der Waals surface area contributed by atoms with Crippen molar-refractivity contribution in [1.29, 1.82) is 0 Å². The van der Waals surface area contributed by atoms with Gasteiger partial charge in [-0.05, 0) is 61.4 Å². The molecule has 0 spiro atoms. The van der Waals surface area contributed by atoms with Crippen molar-refractivity contribution in [3.8, 4) is 0 Å². The van der Waals surface area contributed by atoms with E-state index in [4.69, 9.17) is 0 Å². The Balaban J connectivity index is 1.76.